The third-order valence-corrected chi connectivity index (χ3v) is 3.83. The van der Waals surface area contributed by atoms with E-state index in [1.165, 1.54) is 12.0 Å². The number of carbonyl (C=O) groups is 2. The Morgan fingerprint density at radius 1 is 1.00 bits per heavy atom. The van der Waals surface area contributed by atoms with Gasteiger partial charge in [0.1, 0.15) is 18.0 Å². The van der Waals surface area contributed by atoms with Crippen LogP contribution in [-0.4, -0.2) is 48.6 Å². The number of nitrogens with zero attached hydrogens (tertiary/aromatic N) is 3. The maximum Gasteiger partial charge on any atom is 0.416 e. The summed E-state index contributed by atoms with van der Waals surface area (Å²) in [6.07, 6.45) is -0.639. The van der Waals surface area contributed by atoms with Gasteiger partial charge >= 0.3 is 12.1 Å². The van der Waals surface area contributed by atoms with Crippen molar-refractivity contribution in [1.29, 1.82) is 0 Å². The fourth-order valence-corrected chi connectivity index (χ4v) is 2.33. The molecule has 1 amide bonds. The minimum atomic E-state index is -0.699. The van der Waals surface area contributed by atoms with Crippen molar-refractivity contribution in [2.45, 2.75) is 39.4 Å². The number of hydrogen-bond donors (Lipinski definition) is 0. The Bertz CT molecular complexity index is 831. The van der Waals surface area contributed by atoms with Crippen molar-refractivity contribution in [3.63, 3.8) is 0 Å². The van der Waals surface area contributed by atoms with Crippen molar-refractivity contribution in [3.8, 4) is 11.6 Å². The van der Waals surface area contributed by atoms with Crippen LogP contribution < -0.4 is 14.4 Å². The van der Waals surface area contributed by atoms with Gasteiger partial charge in [0.05, 0.1) is 20.6 Å². The van der Waals surface area contributed by atoms with Crippen molar-refractivity contribution >= 4 is 17.9 Å². The molecule has 0 aliphatic rings. The molecule has 0 bridgehead atoms. The number of aromatic nitrogens is 2. The molecular formula is C21H27N3O6. The highest BCUT2D eigenvalue weighted by Crippen LogP contribution is 2.19. The summed E-state index contributed by atoms with van der Waals surface area (Å²) in [7, 11) is 2.89. The second kappa shape index (κ2) is 10.4. The van der Waals surface area contributed by atoms with Crippen LogP contribution in [0.2, 0.25) is 0 Å². The molecular weight excluding hydrogens is 390 g/mol. The second-order valence-electron chi connectivity index (χ2n) is 7.32. The van der Waals surface area contributed by atoms with Crippen LogP contribution in [0, 0.1) is 0 Å². The van der Waals surface area contributed by atoms with E-state index in [1.807, 2.05) is 24.3 Å². The monoisotopic (exact) mass is 417 g/mol. The summed E-state index contributed by atoms with van der Waals surface area (Å²) in [6.45, 7) is 5.61. The zero-order valence-electron chi connectivity index (χ0n) is 17.9. The van der Waals surface area contributed by atoms with Crippen molar-refractivity contribution in [3.05, 3.63) is 42.0 Å². The number of ether oxygens (including phenoxy) is 4. The molecule has 1 aromatic heterocycles. The molecule has 162 valence electrons. The standard InChI is InChI=1S/C21H27N3O6/c1-21(2,3)30-20(26)24(13-12-19(25)28-5)17-10-11-18(23-22-17)29-14-15-6-8-16(27-4)9-7-15/h6-11H,12-14H2,1-5H3. The summed E-state index contributed by atoms with van der Waals surface area (Å²) >= 11 is 0. The zero-order valence-corrected chi connectivity index (χ0v) is 17.9. The molecule has 9 heteroatoms. The molecule has 0 unspecified atom stereocenters. The smallest absolute Gasteiger partial charge is 0.416 e. The predicted octanol–water partition coefficient (Wildman–Crippen LogP) is 3.37. The first-order valence-corrected chi connectivity index (χ1v) is 9.38. The van der Waals surface area contributed by atoms with E-state index in [0.717, 1.165) is 11.3 Å². The van der Waals surface area contributed by atoms with E-state index < -0.39 is 17.7 Å². The third kappa shape index (κ3) is 7.23. The summed E-state index contributed by atoms with van der Waals surface area (Å²) in [6, 6.07) is 10.6. The van der Waals surface area contributed by atoms with Gasteiger partial charge in [-0.2, -0.15) is 0 Å². The van der Waals surface area contributed by atoms with E-state index >= 15 is 0 Å². The summed E-state index contributed by atoms with van der Waals surface area (Å²) < 4.78 is 20.8. The van der Waals surface area contributed by atoms with Crippen LogP contribution in [0.3, 0.4) is 0 Å². The number of amides is 1. The molecule has 0 N–H and O–H groups in total. The fraction of sp³-hybridized carbons (Fsp3) is 0.429. The maximum absolute atomic E-state index is 12.6. The average molecular weight is 417 g/mol. The summed E-state index contributed by atoms with van der Waals surface area (Å²) in [5.74, 6) is 0.852. The molecule has 30 heavy (non-hydrogen) atoms. The predicted molar refractivity (Wildman–Crippen MR) is 110 cm³/mol. The van der Waals surface area contributed by atoms with Crippen molar-refractivity contribution < 1.29 is 28.5 Å². The molecule has 0 atom stereocenters. The lowest BCUT2D eigenvalue weighted by molar-refractivity contribution is -0.140. The van der Waals surface area contributed by atoms with Crippen LogP contribution in [0.25, 0.3) is 0 Å². The lowest BCUT2D eigenvalue weighted by atomic mass is 10.2. The van der Waals surface area contributed by atoms with Gasteiger partial charge in [-0.1, -0.05) is 12.1 Å². The van der Waals surface area contributed by atoms with E-state index in [0.29, 0.717) is 12.5 Å². The number of carbonyl (C=O) groups excluding carboxylic acids is 2. The first kappa shape index (κ1) is 22.9. The van der Waals surface area contributed by atoms with Gasteiger partial charge in [0.15, 0.2) is 5.82 Å². The quantitative estimate of drug-likeness (QED) is 0.603. The molecule has 9 nitrogen and oxygen atoms in total. The Morgan fingerprint density at radius 2 is 1.70 bits per heavy atom. The van der Waals surface area contributed by atoms with Crippen LogP contribution in [0.15, 0.2) is 36.4 Å². The molecule has 0 fully saturated rings. The van der Waals surface area contributed by atoms with Crippen molar-refractivity contribution in [2.24, 2.45) is 0 Å². The fourth-order valence-electron chi connectivity index (χ4n) is 2.33. The second-order valence-corrected chi connectivity index (χ2v) is 7.32. The van der Waals surface area contributed by atoms with E-state index in [4.69, 9.17) is 14.2 Å². The Labute approximate surface area is 175 Å². The molecule has 1 aromatic carbocycles. The highest BCUT2D eigenvalue weighted by molar-refractivity contribution is 5.87. The van der Waals surface area contributed by atoms with Crippen LogP contribution in [0.5, 0.6) is 11.6 Å². The highest BCUT2D eigenvalue weighted by Gasteiger charge is 2.25. The Balaban J connectivity index is 2.06. The zero-order chi connectivity index (χ0) is 22.1. The van der Waals surface area contributed by atoms with E-state index in [9.17, 15) is 9.59 Å². The summed E-state index contributed by atoms with van der Waals surface area (Å²) in [5.41, 5.74) is 0.241. The molecule has 0 radical (unpaired) electrons. The summed E-state index contributed by atoms with van der Waals surface area (Å²) in [4.78, 5) is 25.3. The minimum absolute atomic E-state index is 0.00680. The lowest BCUT2D eigenvalue weighted by Gasteiger charge is -2.26. The van der Waals surface area contributed by atoms with Gasteiger partial charge in [-0.05, 0) is 44.5 Å². The van der Waals surface area contributed by atoms with Crippen molar-refractivity contribution in [1.82, 2.24) is 10.2 Å². The largest absolute Gasteiger partial charge is 0.497 e. The van der Waals surface area contributed by atoms with Gasteiger partial charge < -0.3 is 18.9 Å². The molecule has 0 spiro atoms. The molecule has 1 heterocycles. The Hall–Kier alpha value is -3.36. The Morgan fingerprint density at radius 3 is 2.23 bits per heavy atom. The maximum atomic E-state index is 12.6. The van der Waals surface area contributed by atoms with Crippen LogP contribution >= 0.6 is 0 Å². The lowest BCUT2D eigenvalue weighted by Crippen LogP contribution is -2.38. The third-order valence-electron chi connectivity index (χ3n) is 3.83. The molecule has 0 aliphatic carbocycles. The van der Waals surface area contributed by atoms with Gasteiger partial charge in [0.2, 0.25) is 5.88 Å². The van der Waals surface area contributed by atoms with Gasteiger partial charge in [0.25, 0.3) is 0 Å². The Kier molecular flexibility index (Phi) is 7.97. The van der Waals surface area contributed by atoms with Gasteiger partial charge in [-0.15, -0.1) is 10.2 Å². The molecule has 2 aromatic rings. The van der Waals surface area contributed by atoms with Crippen molar-refractivity contribution in [2.75, 3.05) is 25.7 Å². The first-order valence-electron chi connectivity index (χ1n) is 9.38. The number of benzene rings is 1. The molecule has 0 saturated heterocycles. The van der Waals surface area contributed by atoms with Gasteiger partial charge in [0, 0.05) is 12.6 Å². The first-order chi connectivity index (χ1) is 14.2. The topological polar surface area (TPSA) is 100 Å². The average Bonchev–Trinajstić information content (AvgIpc) is 2.72. The molecule has 0 aliphatic heterocycles. The normalized spacial score (nSPS) is 10.8. The van der Waals surface area contributed by atoms with E-state index in [1.54, 1.807) is 40.0 Å². The van der Waals surface area contributed by atoms with E-state index in [-0.39, 0.29) is 18.8 Å². The number of hydrogen-bond acceptors (Lipinski definition) is 8. The van der Waals surface area contributed by atoms with Gasteiger partial charge in [-0.3, -0.25) is 9.69 Å². The van der Waals surface area contributed by atoms with Crippen LogP contribution in [0.1, 0.15) is 32.8 Å². The number of rotatable bonds is 8. The minimum Gasteiger partial charge on any atom is -0.497 e. The van der Waals surface area contributed by atoms with Crippen LogP contribution in [-0.2, 0) is 20.9 Å². The van der Waals surface area contributed by atoms with Crippen LogP contribution in [0.4, 0.5) is 10.6 Å². The molecule has 2 rings (SSSR count). The SMILES string of the molecule is COC(=O)CCN(C(=O)OC(C)(C)C)c1ccc(OCc2ccc(OC)cc2)nn1. The molecule has 0 saturated carbocycles. The summed E-state index contributed by atoms with van der Waals surface area (Å²) in [5, 5.41) is 8.06. The number of methoxy groups -OCH3 is 2. The number of anilines is 1. The number of esters is 1. The van der Waals surface area contributed by atoms with E-state index in [2.05, 4.69) is 14.9 Å². The van der Waals surface area contributed by atoms with Gasteiger partial charge in [-0.25, -0.2) is 4.79 Å². The highest BCUT2D eigenvalue weighted by atomic mass is 16.6.